The van der Waals surface area contributed by atoms with Gasteiger partial charge in [-0.25, -0.2) is 9.97 Å². The van der Waals surface area contributed by atoms with Crippen LogP contribution in [0.3, 0.4) is 0 Å². The Kier molecular flexibility index (Phi) is 1.33. The van der Waals surface area contributed by atoms with Crippen molar-refractivity contribution >= 4 is 21.9 Å². The number of rotatable bonds is 0. The summed E-state index contributed by atoms with van der Waals surface area (Å²) >= 11 is 0. The molecule has 68 valence electrons. The molecule has 4 heteroatoms. The molecular weight excluding hydrogens is 176 g/mol. The predicted molar refractivity (Wildman–Crippen MR) is 53.8 cm³/mol. The van der Waals surface area contributed by atoms with Crippen molar-refractivity contribution in [3.63, 3.8) is 0 Å². The van der Waals surface area contributed by atoms with Gasteiger partial charge >= 0.3 is 0 Å². The summed E-state index contributed by atoms with van der Waals surface area (Å²) in [4.78, 5) is 12.4. The van der Waals surface area contributed by atoms with Gasteiger partial charge in [-0.05, 0) is 6.07 Å². The van der Waals surface area contributed by atoms with Crippen LogP contribution in [0.15, 0.2) is 31.0 Å². The maximum Gasteiger partial charge on any atom is 0.116 e. The van der Waals surface area contributed by atoms with Crippen LogP contribution < -0.4 is 0 Å². The Balaban J connectivity index is 2.69. The lowest BCUT2D eigenvalue weighted by Crippen LogP contribution is -1.87. The first-order valence-corrected chi connectivity index (χ1v) is 4.36. The molecule has 0 aromatic carbocycles. The van der Waals surface area contributed by atoms with Crippen molar-refractivity contribution in [2.75, 3.05) is 0 Å². The molecule has 3 rings (SSSR count). The molecule has 0 N–H and O–H groups in total. The Hall–Kier alpha value is -1.97. The second kappa shape index (κ2) is 2.51. The van der Waals surface area contributed by atoms with Crippen molar-refractivity contribution in [2.45, 2.75) is 0 Å². The lowest BCUT2D eigenvalue weighted by atomic mass is 10.3. The highest BCUT2D eigenvalue weighted by Gasteiger charge is 2.07. The van der Waals surface area contributed by atoms with Gasteiger partial charge in [0.25, 0.3) is 0 Å². The van der Waals surface area contributed by atoms with E-state index >= 15 is 0 Å². The number of aryl methyl sites for hydroxylation is 1. The molecular formula is C10H8N4. The normalized spacial score (nSPS) is 11.2. The highest BCUT2D eigenvalue weighted by molar-refractivity contribution is 6.04. The molecule has 4 nitrogen and oxygen atoms in total. The van der Waals surface area contributed by atoms with E-state index in [-0.39, 0.29) is 0 Å². The van der Waals surface area contributed by atoms with Crippen molar-refractivity contribution < 1.29 is 0 Å². The lowest BCUT2D eigenvalue weighted by molar-refractivity contribution is 0.999. The molecule has 0 spiro atoms. The number of fused-ring (bicyclic) bond motifs is 3. The molecule has 0 bridgehead atoms. The molecule has 0 unspecified atom stereocenters. The molecule has 0 fully saturated rings. The highest BCUT2D eigenvalue weighted by Crippen LogP contribution is 2.23. The van der Waals surface area contributed by atoms with Gasteiger partial charge in [0.2, 0.25) is 0 Å². The van der Waals surface area contributed by atoms with Crippen molar-refractivity contribution in [1.29, 1.82) is 0 Å². The van der Waals surface area contributed by atoms with E-state index in [9.17, 15) is 0 Å². The minimum absolute atomic E-state index is 0.986. The Morgan fingerprint density at radius 3 is 2.93 bits per heavy atom. The second-order valence-electron chi connectivity index (χ2n) is 3.21. The molecule has 0 aliphatic carbocycles. The summed E-state index contributed by atoms with van der Waals surface area (Å²) < 4.78 is 2.05. The van der Waals surface area contributed by atoms with Crippen LogP contribution in [-0.2, 0) is 7.05 Å². The first kappa shape index (κ1) is 7.44. The molecule has 3 aromatic rings. The molecule has 3 aromatic heterocycles. The Labute approximate surface area is 80.2 Å². The van der Waals surface area contributed by atoms with Gasteiger partial charge in [-0.15, -0.1) is 0 Å². The van der Waals surface area contributed by atoms with E-state index < -0.39 is 0 Å². The van der Waals surface area contributed by atoms with Crippen molar-refractivity contribution in [3.8, 4) is 0 Å². The lowest BCUT2D eigenvalue weighted by Gasteiger charge is -1.94. The molecule has 0 radical (unpaired) electrons. The van der Waals surface area contributed by atoms with E-state index in [1.165, 1.54) is 0 Å². The zero-order valence-electron chi connectivity index (χ0n) is 7.68. The number of nitrogens with zero attached hydrogens (tertiary/aromatic N) is 4. The quantitative estimate of drug-likeness (QED) is 0.532. The maximum absolute atomic E-state index is 4.27. The van der Waals surface area contributed by atoms with Gasteiger partial charge in [0.1, 0.15) is 6.33 Å². The van der Waals surface area contributed by atoms with E-state index in [0.29, 0.717) is 0 Å². The van der Waals surface area contributed by atoms with Crippen LogP contribution in [-0.4, -0.2) is 19.5 Å². The number of pyridine rings is 1. The first-order valence-electron chi connectivity index (χ1n) is 4.36. The van der Waals surface area contributed by atoms with Crippen LogP contribution in [0.1, 0.15) is 0 Å². The highest BCUT2D eigenvalue weighted by atomic mass is 15.0. The summed E-state index contributed by atoms with van der Waals surface area (Å²) in [5.41, 5.74) is 3.11. The molecule has 0 amide bonds. The fraction of sp³-hybridized carbons (Fsp3) is 0.100. The van der Waals surface area contributed by atoms with Crippen LogP contribution in [0.2, 0.25) is 0 Å². The molecule has 0 aliphatic rings. The van der Waals surface area contributed by atoms with Crippen molar-refractivity contribution in [1.82, 2.24) is 19.5 Å². The second-order valence-corrected chi connectivity index (χ2v) is 3.21. The fourth-order valence-corrected chi connectivity index (χ4v) is 1.76. The Bertz CT molecular complexity index is 558. The molecule has 0 aliphatic heterocycles. The number of hydrogen-bond acceptors (Lipinski definition) is 3. The molecule has 0 saturated carbocycles. The summed E-state index contributed by atoms with van der Waals surface area (Å²) in [6.07, 6.45) is 7.02. The summed E-state index contributed by atoms with van der Waals surface area (Å²) in [6, 6.07) is 1.98. The maximum atomic E-state index is 4.27. The SMILES string of the molecule is Cn1c2cnccc2c2ncncc21. The Morgan fingerprint density at radius 2 is 2.00 bits per heavy atom. The summed E-state index contributed by atoms with van der Waals surface area (Å²) in [5, 5.41) is 1.12. The van der Waals surface area contributed by atoms with E-state index in [2.05, 4.69) is 19.5 Å². The van der Waals surface area contributed by atoms with Crippen molar-refractivity contribution in [3.05, 3.63) is 31.0 Å². The van der Waals surface area contributed by atoms with E-state index in [1.807, 2.05) is 25.5 Å². The monoisotopic (exact) mass is 184 g/mol. The summed E-state index contributed by atoms with van der Waals surface area (Å²) in [6.45, 7) is 0. The average Bonchev–Trinajstić information content (AvgIpc) is 2.55. The minimum Gasteiger partial charge on any atom is -0.340 e. The summed E-state index contributed by atoms with van der Waals surface area (Å²) in [7, 11) is 2.00. The van der Waals surface area contributed by atoms with Gasteiger partial charge in [0, 0.05) is 18.6 Å². The summed E-state index contributed by atoms with van der Waals surface area (Å²) in [5.74, 6) is 0. The first-order chi connectivity index (χ1) is 6.88. The third kappa shape index (κ3) is 0.797. The predicted octanol–water partition coefficient (Wildman–Crippen LogP) is 1.52. The molecule has 14 heavy (non-hydrogen) atoms. The topological polar surface area (TPSA) is 43.6 Å². The van der Waals surface area contributed by atoms with Crippen molar-refractivity contribution in [2.24, 2.45) is 7.05 Å². The van der Waals surface area contributed by atoms with Crippen LogP contribution in [0.5, 0.6) is 0 Å². The molecule has 0 saturated heterocycles. The van der Waals surface area contributed by atoms with Crippen LogP contribution >= 0.6 is 0 Å². The van der Waals surface area contributed by atoms with Crippen LogP contribution in [0.25, 0.3) is 21.9 Å². The third-order valence-corrected chi connectivity index (χ3v) is 2.47. The average molecular weight is 184 g/mol. The third-order valence-electron chi connectivity index (χ3n) is 2.47. The van der Waals surface area contributed by atoms with Crippen LogP contribution in [0, 0.1) is 0 Å². The molecule has 3 heterocycles. The minimum atomic E-state index is 0.986. The standard InChI is InChI=1S/C10H8N4/c1-14-8-4-11-3-2-7(8)10-9(14)5-12-6-13-10/h2-6H,1H3. The smallest absolute Gasteiger partial charge is 0.116 e. The number of hydrogen-bond donors (Lipinski definition) is 0. The number of aromatic nitrogens is 4. The van der Waals surface area contributed by atoms with Crippen LogP contribution in [0.4, 0.5) is 0 Å². The van der Waals surface area contributed by atoms with E-state index in [0.717, 1.165) is 21.9 Å². The van der Waals surface area contributed by atoms with Gasteiger partial charge in [0.15, 0.2) is 0 Å². The molecule has 0 atom stereocenters. The fourth-order valence-electron chi connectivity index (χ4n) is 1.76. The van der Waals surface area contributed by atoms with Gasteiger partial charge in [-0.2, -0.15) is 0 Å². The van der Waals surface area contributed by atoms with E-state index in [1.54, 1.807) is 12.5 Å². The zero-order valence-corrected chi connectivity index (χ0v) is 7.68. The van der Waals surface area contributed by atoms with Gasteiger partial charge in [-0.3, -0.25) is 4.98 Å². The van der Waals surface area contributed by atoms with Gasteiger partial charge < -0.3 is 4.57 Å². The van der Waals surface area contributed by atoms with Gasteiger partial charge in [-0.1, -0.05) is 0 Å². The largest absolute Gasteiger partial charge is 0.340 e. The van der Waals surface area contributed by atoms with E-state index in [4.69, 9.17) is 0 Å². The Morgan fingerprint density at radius 1 is 1.14 bits per heavy atom. The van der Waals surface area contributed by atoms with Gasteiger partial charge in [0.05, 0.1) is 28.9 Å². The zero-order chi connectivity index (χ0) is 9.54.